The zero-order valence-corrected chi connectivity index (χ0v) is 12.7. The monoisotopic (exact) mass is 296 g/mol. The predicted octanol–water partition coefficient (Wildman–Crippen LogP) is 3.65. The molecule has 5 heteroatoms. The molecule has 0 atom stereocenters. The zero-order chi connectivity index (χ0) is 14.7. The Bertz CT molecular complexity index is 794. The van der Waals surface area contributed by atoms with Crippen LogP contribution < -0.4 is 5.32 Å². The summed E-state index contributed by atoms with van der Waals surface area (Å²) in [4.78, 5) is 9.86. The summed E-state index contributed by atoms with van der Waals surface area (Å²) >= 11 is 1.62. The van der Waals surface area contributed by atoms with Crippen LogP contribution in [0.2, 0.25) is 0 Å². The first-order chi connectivity index (χ1) is 10.3. The lowest BCUT2D eigenvalue weighted by molar-refractivity contribution is 0.830. The Morgan fingerprint density at radius 3 is 3.19 bits per heavy atom. The van der Waals surface area contributed by atoms with Crippen molar-refractivity contribution in [1.29, 1.82) is 0 Å². The van der Waals surface area contributed by atoms with Crippen LogP contribution in [0.4, 0.5) is 5.82 Å². The van der Waals surface area contributed by atoms with Crippen molar-refractivity contribution in [3.63, 3.8) is 0 Å². The average Bonchev–Trinajstić information content (AvgIpc) is 3.11. The van der Waals surface area contributed by atoms with Gasteiger partial charge in [0.05, 0.1) is 11.1 Å². The minimum atomic E-state index is 0.822. The van der Waals surface area contributed by atoms with Crippen molar-refractivity contribution in [3.8, 4) is 22.9 Å². The van der Waals surface area contributed by atoms with Crippen LogP contribution in [0.5, 0.6) is 0 Å². The first kappa shape index (κ1) is 13.7. The number of unbranched alkanes of at least 4 members (excludes halogenated alkanes) is 1. The number of hydrogen-bond donors (Lipinski definition) is 1. The summed E-state index contributed by atoms with van der Waals surface area (Å²) in [5, 5.41) is 5.49. The third-order valence-corrected chi connectivity index (χ3v) is 4.21. The third kappa shape index (κ3) is 2.50. The van der Waals surface area contributed by atoms with Crippen LogP contribution in [0, 0.1) is 12.3 Å². The molecule has 0 aromatic carbocycles. The highest BCUT2D eigenvalue weighted by Gasteiger charge is 2.17. The molecule has 0 amide bonds. The summed E-state index contributed by atoms with van der Waals surface area (Å²) < 4.78 is 2.03. The largest absolute Gasteiger partial charge is 0.369 e. The molecule has 106 valence electrons. The standard InChI is InChI=1S/C16H16N4S/c1-3-5-7-18-16-14(15-12(4-2)6-10-21-15)19-13-11-17-8-9-20(13)16/h2,6,8-11,18H,3,5,7H2,1H3. The quantitative estimate of drug-likeness (QED) is 0.577. The lowest BCUT2D eigenvalue weighted by atomic mass is 10.2. The maximum Gasteiger partial charge on any atom is 0.157 e. The molecule has 0 radical (unpaired) electrons. The number of imidazole rings is 1. The van der Waals surface area contributed by atoms with Crippen molar-refractivity contribution in [3.05, 3.63) is 35.6 Å². The smallest absolute Gasteiger partial charge is 0.157 e. The molecule has 0 unspecified atom stereocenters. The summed E-state index contributed by atoms with van der Waals surface area (Å²) in [6, 6.07) is 1.96. The number of nitrogens with zero attached hydrogens (tertiary/aromatic N) is 3. The fourth-order valence-corrected chi connectivity index (χ4v) is 3.07. The maximum absolute atomic E-state index is 5.59. The fourth-order valence-electron chi connectivity index (χ4n) is 2.22. The van der Waals surface area contributed by atoms with Crippen LogP contribution >= 0.6 is 11.3 Å². The average molecular weight is 296 g/mol. The van der Waals surface area contributed by atoms with Crippen molar-refractivity contribution in [2.24, 2.45) is 0 Å². The molecule has 1 N–H and O–H groups in total. The Balaban J connectivity index is 2.12. The highest BCUT2D eigenvalue weighted by atomic mass is 32.1. The van der Waals surface area contributed by atoms with E-state index in [0.29, 0.717) is 0 Å². The number of terminal acetylenes is 1. The highest BCUT2D eigenvalue weighted by molar-refractivity contribution is 7.13. The molecule has 3 aromatic heterocycles. The van der Waals surface area contributed by atoms with E-state index in [1.165, 1.54) is 0 Å². The molecule has 0 aliphatic carbocycles. The van der Waals surface area contributed by atoms with E-state index in [2.05, 4.69) is 23.1 Å². The van der Waals surface area contributed by atoms with Crippen LogP contribution in [0.3, 0.4) is 0 Å². The fraction of sp³-hybridized carbons (Fsp3) is 0.250. The molecule has 3 aromatic rings. The topological polar surface area (TPSA) is 42.2 Å². The van der Waals surface area contributed by atoms with Crippen molar-refractivity contribution < 1.29 is 0 Å². The van der Waals surface area contributed by atoms with Gasteiger partial charge in [-0.2, -0.15) is 0 Å². The number of fused-ring (bicyclic) bond motifs is 1. The molecule has 0 spiro atoms. The minimum Gasteiger partial charge on any atom is -0.369 e. The first-order valence-electron chi connectivity index (χ1n) is 6.95. The number of hydrogen-bond acceptors (Lipinski definition) is 4. The molecule has 3 heterocycles. The SMILES string of the molecule is C#Cc1ccsc1-c1nc2cnccn2c1NCCCC. The van der Waals surface area contributed by atoms with E-state index >= 15 is 0 Å². The second-order valence-corrected chi connectivity index (χ2v) is 5.62. The zero-order valence-electron chi connectivity index (χ0n) is 11.8. The second kappa shape index (κ2) is 5.98. The van der Waals surface area contributed by atoms with Gasteiger partial charge in [-0.05, 0) is 17.9 Å². The Hall–Kier alpha value is -2.32. The van der Waals surface area contributed by atoms with Gasteiger partial charge in [0, 0.05) is 24.5 Å². The summed E-state index contributed by atoms with van der Waals surface area (Å²) in [5.74, 6) is 3.72. The van der Waals surface area contributed by atoms with Gasteiger partial charge < -0.3 is 5.32 Å². The Labute approximate surface area is 127 Å². The number of nitrogens with one attached hydrogen (secondary N) is 1. The summed E-state index contributed by atoms with van der Waals surface area (Å²) in [6.45, 7) is 3.09. The predicted molar refractivity (Wildman–Crippen MR) is 87.6 cm³/mol. The lowest BCUT2D eigenvalue weighted by Gasteiger charge is -2.07. The van der Waals surface area contributed by atoms with Gasteiger partial charge in [-0.3, -0.25) is 9.38 Å². The normalized spacial score (nSPS) is 10.7. The van der Waals surface area contributed by atoms with E-state index < -0.39 is 0 Å². The molecular formula is C16H16N4S. The first-order valence-corrected chi connectivity index (χ1v) is 7.83. The molecule has 0 fully saturated rings. The molecule has 4 nitrogen and oxygen atoms in total. The number of aromatic nitrogens is 3. The van der Waals surface area contributed by atoms with Crippen molar-refractivity contribution >= 4 is 22.8 Å². The molecule has 0 aliphatic heterocycles. The van der Waals surface area contributed by atoms with Gasteiger partial charge in [0.25, 0.3) is 0 Å². The third-order valence-electron chi connectivity index (χ3n) is 3.29. The van der Waals surface area contributed by atoms with Gasteiger partial charge in [-0.25, -0.2) is 4.98 Å². The number of rotatable bonds is 5. The minimum absolute atomic E-state index is 0.822. The molecule has 0 bridgehead atoms. The summed E-state index contributed by atoms with van der Waals surface area (Å²) in [7, 11) is 0. The van der Waals surface area contributed by atoms with Gasteiger partial charge in [-0.1, -0.05) is 19.3 Å². The van der Waals surface area contributed by atoms with E-state index in [0.717, 1.165) is 47.0 Å². The number of anilines is 1. The molecule has 0 aliphatic rings. The Morgan fingerprint density at radius 1 is 1.48 bits per heavy atom. The van der Waals surface area contributed by atoms with Gasteiger partial charge in [-0.15, -0.1) is 17.8 Å². The highest BCUT2D eigenvalue weighted by Crippen LogP contribution is 2.34. The van der Waals surface area contributed by atoms with Gasteiger partial charge >= 0.3 is 0 Å². The van der Waals surface area contributed by atoms with Crippen molar-refractivity contribution in [1.82, 2.24) is 14.4 Å². The maximum atomic E-state index is 5.59. The van der Waals surface area contributed by atoms with Gasteiger partial charge in [0.15, 0.2) is 5.65 Å². The lowest BCUT2D eigenvalue weighted by Crippen LogP contribution is -2.04. The number of thiophene rings is 1. The molecule has 0 saturated carbocycles. The van der Waals surface area contributed by atoms with Crippen LogP contribution in [0.25, 0.3) is 16.2 Å². The van der Waals surface area contributed by atoms with Gasteiger partial charge in [0.1, 0.15) is 11.5 Å². The summed E-state index contributed by atoms with van der Waals surface area (Å²) in [6.07, 6.45) is 13.3. The van der Waals surface area contributed by atoms with E-state index in [4.69, 9.17) is 11.4 Å². The van der Waals surface area contributed by atoms with E-state index in [-0.39, 0.29) is 0 Å². The Morgan fingerprint density at radius 2 is 2.38 bits per heavy atom. The van der Waals surface area contributed by atoms with Crippen LogP contribution in [-0.4, -0.2) is 20.9 Å². The van der Waals surface area contributed by atoms with E-state index in [9.17, 15) is 0 Å². The molecule has 0 saturated heterocycles. The van der Waals surface area contributed by atoms with E-state index in [1.54, 1.807) is 23.7 Å². The van der Waals surface area contributed by atoms with Gasteiger partial charge in [0.2, 0.25) is 0 Å². The van der Waals surface area contributed by atoms with Crippen LogP contribution in [-0.2, 0) is 0 Å². The molecule has 21 heavy (non-hydrogen) atoms. The van der Waals surface area contributed by atoms with Crippen LogP contribution in [0.1, 0.15) is 25.3 Å². The molecule has 3 rings (SSSR count). The summed E-state index contributed by atoms with van der Waals surface area (Å²) in [5.41, 5.74) is 2.61. The second-order valence-electron chi connectivity index (χ2n) is 4.70. The Kier molecular flexibility index (Phi) is 3.89. The van der Waals surface area contributed by atoms with E-state index in [1.807, 2.05) is 22.0 Å². The van der Waals surface area contributed by atoms with Crippen molar-refractivity contribution in [2.75, 3.05) is 11.9 Å². The molecular weight excluding hydrogens is 280 g/mol. The van der Waals surface area contributed by atoms with Crippen molar-refractivity contribution in [2.45, 2.75) is 19.8 Å². The van der Waals surface area contributed by atoms with Crippen LogP contribution in [0.15, 0.2) is 30.0 Å².